The van der Waals surface area contributed by atoms with Gasteiger partial charge in [0.1, 0.15) is 0 Å². The molecule has 1 aliphatic rings. The predicted octanol–water partition coefficient (Wildman–Crippen LogP) is 1.50. The van der Waals surface area contributed by atoms with E-state index < -0.39 is 0 Å². The van der Waals surface area contributed by atoms with Crippen molar-refractivity contribution in [1.29, 1.82) is 0 Å². The van der Waals surface area contributed by atoms with Crippen LogP contribution in [0.4, 0.5) is 0 Å². The third kappa shape index (κ3) is 3.50. The maximum absolute atomic E-state index is 4.17. The SMILES string of the molecule is CC(C)c1nnsc1CNCCNC1CC1. The highest BCUT2D eigenvalue weighted by Crippen LogP contribution is 2.19. The first-order valence-electron chi connectivity index (χ1n) is 6.02. The van der Waals surface area contributed by atoms with E-state index in [1.807, 2.05) is 0 Å². The van der Waals surface area contributed by atoms with Gasteiger partial charge in [0.05, 0.1) is 10.6 Å². The molecule has 1 heterocycles. The smallest absolute Gasteiger partial charge is 0.0826 e. The fourth-order valence-electron chi connectivity index (χ4n) is 1.63. The summed E-state index contributed by atoms with van der Waals surface area (Å²) in [5.74, 6) is 0.472. The van der Waals surface area contributed by atoms with Crippen molar-refractivity contribution in [3.05, 3.63) is 10.6 Å². The molecule has 1 aromatic rings. The molecule has 1 saturated carbocycles. The van der Waals surface area contributed by atoms with E-state index >= 15 is 0 Å². The largest absolute Gasteiger partial charge is 0.313 e. The summed E-state index contributed by atoms with van der Waals surface area (Å²) in [6, 6.07) is 0.804. The molecule has 0 amide bonds. The summed E-state index contributed by atoms with van der Waals surface area (Å²) in [5.41, 5.74) is 1.15. The summed E-state index contributed by atoms with van der Waals surface area (Å²) in [4.78, 5) is 1.28. The maximum Gasteiger partial charge on any atom is 0.0826 e. The van der Waals surface area contributed by atoms with Crippen molar-refractivity contribution in [1.82, 2.24) is 20.2 Å². The predicted molar refractivity (Wildman–Crippen MR) is 66.7 cm³/mol. The van der Waals surface area contributed by atoms with Gasteiger partial charge in [-0.25, -0.2) is 0 Å². The van der Waals surface area contributed by atoms with Crippen molar-refractivity contribution in [3.8, 4) is 0 Å². The Bertz CT molecular complexity index is 320. The molecule has 1 fully saturated rings. The standard InChI is InChI=1S/C11H20N4S/c1-8(2)11-10(16-15-14-11)7-12-5-6-13-9-3-4-9/h8-9,12-13H,3-7H2,1-2H3. The second kappa shape index (κ2) is 5.70. The van der Waals surface area contributed by atoms with Gasteiger partial charge in [-0.05, 0) is 30.3 Å². The van der Waals surface area contributed by atoms with Crippen LogP contribution in [0.5, 0.6) is 0 Å². The molecule has 16 heavy (non-hydrogen) atoms. The van der Waals surface area contributed by atoms with Crippen molar-refractivity contribution in [2.24, 2.45) is 0 Å². The lowest BCUT2D eigenvalue weighted by Gasteiger charge is -2.06. The van der Waals surface area contributed by atoms with Gasteiger partial charge in [0, 0.05) is 25.7 Å². The molecule has 0 aliphatic heterocycles. The van der Waals surface area contributed by atoms with Gasteiger partial charge in [0.2, 0.25) is 0 Å². The zero-order chi connectivity index (χ0) is 11.4. The Morgan fingerprint density at radius 3 is 2.88 bits per heavy atom. The number of aromatic nitrogens is 2. The third-order valence-corrected chi connectivity index (χ3v) is 3.47. The van der Waals surface area contributed by atoms with Gasteiger partial charge < -0.3 is 10.6 Å². The Morgan fingerprint density at radius 2 is 2.19 bits per heavy atom. The molecule has 2 rings (SSSR count). The van der Waals surface area contributed by atoms with E-state index in [2.05, 4.69) is 34.1 Å². The Kier molecular flexibility index (Phi) is 4.26. The van der Waals surface area contributed by atoms with Crippen LogP contribution in [-0.2, 0) is 6.54 Å². The summed E-state index contributed by atoms with van der Waals surface area (Å²) in [6.45, 7) is 7.31. The molecular weight excluding hydrogens is 220 g/mol. The quantitative estimate of drug-likeness (QED) is 0.709. The third-order valence-electron chi connectivity index (χ3n) is 2.73. The topological polar surface area (TPSA) is 49.8 Å². The van der Waals surface area contributed by atoms with Crippen LogP contribution in [0.15, 0.2) is 0 Å². The van der Waals surface area contributed by atoms with Crippen LogP contribution in [0.2, 0.25) is 0 Å². The highest BCUT2D eigenvalue weighted by atomic mass is 32.1. The molecule has 1 aromatic heterocycles. The average Bonchev–Trinajstić information content (AvgIpc) is 2.94. The number of hydrogen-bond donors (Lipinski definition) is 2. The van der Waals surface area contributed by atoms with Crippen LogP contribution in [0.1, 0.15) is 43.2 Å². The van der Waals surface area contributed by atoms with Crippen molar-refractivity contribution in [2.45, 2.75) is 45.2 Å². The van der Waals surface area contributed by atoms with Gasteiger partial charge >= 0.3 is 0 Å². The van der Waals surface area contributed by atoms with E-state index in [-0.39, 0.29) is 0 Å². The summed E-state index contributed by atoms with van der Waals surface area (Å²) < 4.78 is 4.02. The van der Waals surface area contributed by atoms with E-state index in [0.29, 0.717) is 5.92 Å². The van der Waals surface area contributed by atoms with Crippen molar-refractivity contribution in [2.75, 3.05) is 13.1 Å². The van der Waals surface area contributed by atoms with Crippen LogP contribution in [-0.4, -0.2) is 28.7 Å². The monoisotopic (exact) mass is 240 g/mol. The second-order valence-corrected chi connectivity index (χ2v) is 5.48. The summed E-state index contributed by atoms with van der Waals surface area (Å²) in [6.07, 6.45) is 2.71. The van der Waals surface area contributed by atoms with Crippen molar-refractivity contribution < 1.29 is 0 Å². The second-order valence-electron chi connectivity index (χ2n) is 4.64. The molecule has 4 nitrogen and oxygen atoms in total. The number of nitrogens with one attached hydrogen (secondary N) is 2. The Hall–Kier alpha value is -0.520. The summed E-state index contributed by atoms with van der Waals surface area (Å²) >= 11 is 1.51. The van der Waals surface area contributed by atoms with Crippen LogP contribution < -0.4 is 10.6 Å². The Labute approximate surface area is 101 Å². The number of rotatable bonds is 7. The first kappa shape index (κ1) is 12.0. The lowest BCUT2D eigenvalue weighted by atomic mass is 10.1. The van der Waals surface area contributed by atoms with Gasteiger partial charge in [0.15, 0.2) is 0 Å². The molecule has 5 heteroatoms. The Balaban J connectivity index is 1.65. The highest BCUT2D eigenvalue weighted by molar-refractivity contribution is 7.05. The average molecular weight is 240 g/mol. The molecule has 0 aromatic carbocycles. The number of nitrogens with zero attached hydrogens (tertiary/aromatic N) is 2. The van der Waals surface area contributed by atoms with Crippen LogP contribution in [0.25, 0.3) is 0 Å². The summed E-state index contributed by atoms with van der Waals surface area (Å²) in [7, 11) is 0. The van der Waals surface area contributed by atoms with E-state index in [1.54, 1.807) is 0 Å². The molecular formula is C11H20N4S. The zero-order valence-electron chi connectivity index (χ0n) is 9.99. The van der Waals surface area contributed by atoms with Gasteiger partial charge in [0.25, 0.3) is 0 Å². The maximum atomic E-state index is 4.17. The fourth-order valence-corrected chi connectivity index (χ4v) is 2.39. The Morgan fingerprint density at radius 1 is 1.38 bits per heavy atom. The molecule has 2 N–H and O–H groups in total. The molecule has 0 spiro atoms. The zero-order valence-corrected chi connectivity index (χ0v) is 10.8. The normalized spacial score (nSPS) is 15.9. The van der Waals surface area contributed by atoms with Crippen LogP contribution in [0, 0.1) is 0 Å². The van der Waals surface area contributed by atoms with Gasteiger partial charge in [-0.3, -0.25) is 0 Å². The first-order chi connectivity index (χ1) is 7.77. The minimum atomic E-state index is 0.472. The van der Waals surface area contributed by atoms with Gasteiger partial charge in [-0.2, -0.15) is 0 Å². The van der Waals surface area contributed by atoms with Crippen LogP contribution in [0.3, 0.4) is 0 Å². The summed E-state index contributed by atoms with van der Waals surface area (Å²) in [5, 5.41) is 11.1. The van der Waals surface area contributed by atoms with Crippen LogP contribution >= 0.6 is 11.5 Å². The minimum Gasteiger partial charge on any atom is -0.313 e. The number of hydrogen-bond acceptors (Lipinski definition) is 5. The molecule has 1 aliphatic carbocycles. The molecule has 0 unspecified atom stereocenters. The van der Waals surface area contributed by atoms with E-state index in [9.17, 15) is 0 Å². The first-order valence-corrected chi connectivity index (χ1v) is 6.80. The van der Waals surface area contributed by atoms with Gasteiger partial charge in [-0.1, -0.05) is 18.3 Å². The minimum absolute atomic E-state index is 0.472. The molecule has 0 bridgehead atoms. The van der Waals surface area contributed by atoms with E-state index in [4.69, 9.17) is 0 Å². The lowest BCUT2D eigenvalue weighted by Crippen LogP contribution is -2.28. The van der Waals surface area contributed by atoms with Gasteiger partial charge in [-0.15, -0.1) is 5.10 Å². The van der Waals surface area contributed by atoms with Crippen molar-refractivity contribution in [3.63, 3.8) is 0 Å². The lowest BCUT2D eigenvalue weighted by molar-refractivity contribution is 0.607. The molecule has 0 atom stereocenters. The molecule has 0 saturated heterocycles. The van der Waals surface area contributed by atoms with Crippen molar-refractivity contribution >= 4 is 11.5 Å². The van der Waals surface area contributed by atoms with E-state index in [0.717, 1.165) is 31.4 Å². The molecule has 0 radical (unpaired) electrons. The highest BCUT2D eigenvalue weighted by Gasteiger charge is 2.19. The fraction of sp³-hybridized carbons (Fsp3) is 0.818. The van der Waals surface area contributed by atoms with E-state index in [1.165, 1.54) is 29.3 Å². The molecule has 90 valence electrons.